The topological polar surface area (TPSA) is 47.3 Å². The van der Waals surface area contributed by atoms with Gasteiger partial charge in [-0.15, -0.1) is 0 Å². The number of nitrogens with zero attached hydrogens (tertiary/aromatic N) is 2. The molecule has 24 heavy (non-hydrogen) atoms. The highest BCUT2D eigenvalue weighted by Gasteiger charge is 2.21. The van der Waals surface area contributed by atoms with Crippen molar-refractivity contribution < 1.29 is 9.84 Å². The smallest absolute Gasteiger partial charge is 0.142 e. The lowest BCUT2D eigenvalue weighted by Crippen LogP contribution is -2.22. The minimum atomic E-state index is -1.11. The molecule has 0 fully saturated rings. The Morgan fingerprint density at radius 1 is 1.21 bits per heavy atom. The number of aliphatic hydroxyl groups is 1. The maximum atomic E-state index is 10.6. The van der Waals surface area contributed by atoms with Gasteiger partial charge in [0, 0.05) is 21.1 Å². The van der Waals surface area contributed by atoms with Crippen molar-refractivity contribution in [2.75, 3.05) is 6.61 Å². The van der Waals surface area contributed by atoms with Crippen LogP contribution in [0.5, 0.6) is 0 Å². The third kappa shape index (κ3) is 5.81. The Bertz CT molecular complexity index is 657. The zero-order valence-corrected chi connectivity index (χ0v) is 18.5. The second-order valence-corrected chi connectivity index (χ2v) is 14.2. The quantitative estimate of drug-likeness (QED) is 0.431. The average Bonchev–Trinajstić information content (AvgIpc) is 2.80. The van der Waals surface area contributed by atoms with E-state index in [1.165, 1.54) is 0 Å². The molecule has 1 atom stereocenters. The molecule has 0 spiro atoms. The normalized spacial score (nSPS) is 13.2. The first kappa shape index (κ1) is 19.8. The number of ether oxygens (including phenoxy) is 1. The first-order valence-corrected chi connectivity index (χ1v) is 13.3. The Labute approximate surface area is 161 Å². The molecule has 1 heterocycles. The molecular weight excluding hydrogens is 452 g/mol. The molecule has 0 aliphatic heterocycles. The van der Waals surface area contributed by atoms with Crippen LogP contribution < -0.4 is 0 Å². The van der Waals surface area contributed by atoms with Gasteiger partial charge in [0.15, 0.2) is 0 Å². The minimum Gasteiger partial charge on any atom is -0.385 e. The molecule has 0 saturated carbocycles. The highest BCUT2D eigenvalue weighted by atomic mass is 79.9. The number of hydrogen-bond donors (Lipinski definition) is 1. The van der Waals surface area contributed by atoms with Crippen molar-refractivity contribution in [3.8, 4) is 0 Å². The third-order valence-electron chi connectivity index (χ3n) is 3.68. The van der Waals surface area contributed by atoms with Crippen molar-refractivity contribution in [1.29, 1.82) is 0 Å². The number of rotatable bonds is 8. The molecule has 2 aromatic rings. The summed E-state index contributed by atoms with van der Waals surface area (Å²) >= 11 is 6.94. The van der Waals surface area contributed by atoms with Crippen molar-refractivity contribution in [1.82, 2.24) is 9.55 Å². The molecule has 132 valence electrons. The van der Waals surface area contributed by atoms with Gasteiger partial charge in [0.2, 0.25) is 0 Å². The maximum absolute atomic E-state index is 10.6. The van der Waals surface area contributed by atoms with Gasteiger partial charge in [0.05, 0.1) is 0 Å². The van der Waals surface area contributed by atoms with Gasteiger partial charge in [0.25, 0.3) is 0 Å². The molecule has 0 saturated heterocycles. The predicted molar refractivity (Wildman–Crippen MR) is 107 cm³/mol. The molecule has 0 amide bonds. The van der Waals surface area contributed by atoms with Crippen LogP contribution in [0.2, 0.25) is 25.7 Å². The number of hydrogen-bond acceptors (Lipinski definition) is 3. The van der Waals surface area contributed by atoms with Gasteiger partial charge < -0.3 is 9.84 Å². The summed E-state index contributed by atoms with van der Waals surface area (Å²) in [5.41, 5.74) is 1.08. The van der Waals surface area contributed by atoms with E-state index in [1.54, 1.807) is 0 Å². The van der Waals surface area contributed by atoms with Crippen LogP contribution >= 0.6 is 31.9 Å². The van der Waals surface area contributed by atoms with Crippen LogP contribution in [0.4, 0.5) is 0 Å². The van der Waals surface area contributed by atoms with Gasteiger partial charge in [-0.05, 0) is 43.5 Å². The highest BCUT2D eigenvalue weighted by molar-refractivity contribution is 9.13. The van der Waals surface area contributed by atoms with Gasteiger partial charge in [0.1, 0.15) is 27.9 Å². The summed E-state index contributed by atoms with van der Waals surface area (Å²) in [6, 6.07) is 11.0. The molecule has 2 rings (SSSR count). The summed E-state index contributed by atoms with van der Waals surface area (Å²) in [6.45, 7) is 8.09. The van der Waals surface area contributed by atoms with E-state index < -0.39 is 14.2 Å². The third-order valence-corrected chi connectivity index (χ3v) is 7.28. The Balaban J connectivity index is 2.05. The molecule has 1 N–H and O–H groups in total. The number of halogens is 2. The second kappa shape index (κ2) is 8.76. The largest absolute Gasteiger partial charge is 0.385 e. The number of benzene rings is 1. The molecule has 0 radical (unpaired) electrons. The van der Waals surface area contributed by atoms with E-state index >= 15 is 0 Å². The molecule has 0 bridgehead atoms. The second-order valence-electron chi connectivity index (χ2n) is 7.03. The summed E-state index contributed by atoms with van der Waals surface area (Å²) in [4.78, 5) is 4.45. The molecule has 7 heteroatoms. The summed E-state index contributed by atoms with van der Waals surface area (Å²) in [7, 11) is -1.11. The van der Waals surface area contributed by atoms with Crippen molar-refractivity contribution in [3.05, 3.63) is 50.9 Å². The fourth-order valence-corrected chi connectivity index (χ4v) is 3.78. The van der Waals surface area contributed by atoms with Crippen LogP contribution in [-0.2, 0) is 17.9 Å². The molecule has 0 aliphatic rings. The lowest BCUT2D eigenvalue weighted by molar-refractivity contribution is 0.0734. The van der Waals surface area contributed by atoms with E-state index in [4.69, 9.17) is 4.74 Å². The molecule has 1 aromatic heterocycles. The van der Waals surface area contributed by atoms with E-state index in [9.17, 15) is 5.11 Å². The zero-order chi connectivity index (χ0) is 17.7. The van der Waals surface area contributed by atoms with Gasteiger partial charge in [-0.2, -0.15) is 0 Å². The van der Waals surface area contributed by atoms with E-state index in [2.05, 4.69) is 56.5 Å². The van der Waals surface area contributed by atoms with Crippen molar-refractivity contribution in [3.63, 3.8) is 0 Å². The highest BCUT2D eigenvalue weighted by Crippen LogP contribution is 2.28. The molecule has 0 aliphatic carbocycles. The maximum Gasteiger partial charge on any atom is 0.142 e. The van der Waals surface area contributed by atoms with Crippen LogP contribution in [0.15, 0.2) is 39.5 Å². The van der Waals surface area contributed by atoms with Gasteiger partial charge >= 0.3 is 0 Å². The lowest BCUT2D eigenvalue weighted by atomic mass is 10.1. The SMILES string of the molecule is C[Si](C)(C)CCOCn1c(C(O)Cc2ccccc2)nc(Br)c1Br. The van der Waals surface area contributed by atoms with Crippen molar-refractivity contribution in [2.24, 2.45) is 0 Å². The van der Waals surface area contributed by atoms with Crippen LogP contribution in [-0.4, -0.2) is 29.3 Å². The molecule has 4 nitrogen and oxygen atoms in total. The minimum absolute atomic E-state index is 0.380. The first-order valence-electron chi connectivity index (χ1n) is 7.99. The number of aliphatic hydroxyl groups excluding tert-OH is 1. The number of imidazole rings is 1. The molecule has 1 aromatic carbocycles. The summed E-state index contributed by atoms with van der Waals surface area (Å²) < 4.78 is 9.17. The monoisotopic (exact) mass is 474 g/mol. The fourth-order valence-electron chi connectivity index (χ4n) is 2.26. The van der Waals surface area contributed by atoms with E-state index in [0.717, 1.165) is 22.8 Å². The van der Waals surface area contributed by atoms with Crippen LogP contribution in [0.3, 0.4) is 0 Å². The van der Waals surface area contributed by atoms with Crippen molar-refractivity contribution in [2.45, 2.75) is 44.9 Å². The van der Waals surface area contributed by atoms with E-state index in [1.807, 2.05) is 34.9 Å². The Morgan fingerprint density at radius 2 is 1.88 bits per heavy atom. The standard InChI is InChI=1S/C17H24Br2N2O2Si/c1-24(2,3)10-9-23-12-21-16(19)15(18)20-17(21)14(22)11-13-7-5-4-6-8-13/h4-8,14,22H,9-12H2,1-3H3. The molecular formula is C17H24Br2N2O2Si. The average molecular weight is 476 g/mol. The lowest BCUT2D eigenvalue weighted by Gasteiger charge is -2.17. The van der Waals surface area contributed by atoms with Crippen LogP contribution in [0.1, 0.15) is 17.5 Å². The van der Waals surface area contributed by atoms with E-state index in [0.29, 0.717) is 23.6 Å². The Hall–Kier alpha value is -0.473. The van der Waals surface area contributed by atoms with Crippen LogP contribution in [0, 0.1) is 0 Å². The summed E-state index contributed by atoms with van der Waals surface area (Å²) in [5.74, 6) is 0.602. The fraction of sp³-hybridized carbons (Fsp3) is 0.471. The zero-order valence-electron chi connectivity index (χ0n) is 14.3. The summed E-state index contributed by atoms with van der Waals surface area (Å²) in [6.07, 6.45) is -0.165. The van der Waals surface area contributed by atoms with Gasteiger partial charge in [-0.1, -0.05) is 50.0 Å². The van der Waals surface area contributed by atoms with Crippen LogP contribution in [0.25, 0.3) is 0 Å². The van der Waals surface area contributed by atoms with E-state index in [-0.39, 0.29) is 0 Å². The Kier molecular flexibility index (Phi) is 7.24. The Morgan fingerprint density at radius 3 is 2.50 bits per heavy atom. The number of aromatic nitrogens is 2. The molecule has 1 unspecified atom stereocenters. The first-order chi connectivity index (χ1) is 11.3. The van der Waals surface area contributed by atoms with Gasteiger partial charge in [-0.3, -0.25) is 4.57 Å². The summed E-state index contributed by atoms with van der Waals surface area (Å²) in [5, 5.41) is 10.6. The predicted octanol–water partition coefficient (Wildman–Crippen LogP) is 5.00. The van der Waals surface area contributed by atoms with Gasteiger partial charge in [-0.25, -0.2) is 4.98 Å². The van der Waals surface area contributed by atoms with Crippen molar-refractivity contribution >= 4 is 39.9 Å².